The molecule has 0 N–H and O–H groups in total. The van der Waals surface area contributed by atoms with Crippen molar-refractivity contribution in [3.8, 4) is 44.9 Å². The number of rotatable bonds is 3. The summed E-state index contributed by atoms with van der Waals surface area (Å²) in [5, 5.41) is 4.89. The molecule has 1 aliphatic carbocycles. The van der Waals surface area contributed by atoms with Crippen molar-refractivity contribution in [2.45, 2.75) is 5.41 Å². The van der Waals surface area contributed by atoms with Crippen molar-refractivity contribution in [3.63, 3.8) is 0 Å². The summed E-state index contributed by atoms with van der Waals surface area (Å²) in [6, 6.07) is 62.1. The molecule has 10 rings (SSSR count). The van der Waals surface area contributed by atoms with E-state index < -0.39 is 5.41 Å². The van der Waals surface area contributed by atoms with Gasteiger partial charge in [0.15, 0.2) is 0 Å². The largest absolute Gasteiger partial charge is 0.455 e. The van der Waals surface area contributed by atoms with E-state index in [1.54, 1.807) is 0 Å². The Hall–Kier alpha value is -5.92. The number of ether oxygens (including phenoxy) is 1. The highest BCUT2D eigenvalue weighted by Gasteiger charge is 2.46. The van der Waals surface area contributed by atoms with Crippen LogP contribution in [0.1, 0.15) is 22.3 Å². The third-order valence-electron chi connectivity index (χ3n) is 10.1. The first-order valence-corrected chi connectivity index (χ1v) is 15.9. The van der Waals surface area contributed by atoms with E-state index in [0.717, 1.165) is 28.2 Å². The molecule has 1 heteroatoms. The molecule has 46 heavy (non-hydrogen) atoms. The molecule has 1 aliphatic heterocycles. The molecule has 0 bridgehead atoms. The molecule has 0 saturated carbocycles. The van der Waals surface area contributed by atoms with Crippen LogP contribution in [0.5, 0.6) is 11.5 Å². The van der Waals surface area contributed by atoms with Gasteiger partial charge in [-0.25, -0.2) is 0 Å². The topological polar surface area (TPSA) is 9.23 Å². The summed E-state index contributed by atoms with van der Waals surface area (Å²) in [7, 11) is 0. The molecule has 214 valence electrons. The first kappa shape index (κ1) is 25.4. The third-order valence-corrected chi connectivity index (χ3v) is 10.1. The van der Waals surface area contributed by atoms with E-state index >= 15 is 0 Å². The molecule has 1 heterocycles. The van der Waals surface area contributed by atoms with Crippen LogP contribution in [0.4, 0.5) is 0 Å². The lowest BCUT2D eigenvalue weighted by Gasteiger charge is -2.34. The Labute approximate surface area is 268 Å². The fourth-order valence-corrected chi connectivity index (χ4v) is 8.15. The summed E-state index contributed by atoms with van der Waals surface area (Å²) >= 11 is 0. The maximum Gasteiger partial charge on any atom is 0.143 e. The van der Waals surface area contributed by atoms with Gasteiger partial charge >= 0.3 is 0 Å². The van der Waals surface area contributed by atoms with Crippen molar-refractivity contribution >= 4 is 21.5 Å². The summed E-state index contributed by atoms with van der Waals surface area (Å²) < 4.78 is 6.79. The maximum atomic E-state index is 6.79. The first-order chi connectivity index (χ1) is 22.8. The summed E-state index contributed by atoms with van der Waals surface area (Å²) in [4.78, 5) is 0. The van der Waals surface area contributed by atoms with Crippen molar-refractivity contribution in [3.05, 3.63) is 192 Å². The Morgan fingerprint density at radius 3 is 1.72 bits per heavy atom. The monoisotopic (exact) mass is 584 g/mol. The predicted molar refractivity (Wildman–Crippen MR) is 190 cm³/mol. The van der Waals surface area contributed by atoms with Crippen molar-refractivity contribution in [1.29, 1.82) is 0 Å². The Balaban J connectivity index is 1.28. The van der Waals surface area contributed by atoms with Gasteiger partial charge in [0.25, 0.3) is 0 Å². The van der Waals surface area contributed by atoms with Crippen molar-refractivity contribution in [2.75, 3.05) is 0 Å². The quantitative estimate of drug-likeness (QED) is 0.201. The Morgan fingerprint density at radius 2 is 0.957 bits per heavy atom. The van der Waals surface area contributed by atoms with Crippen molar-refractivity contribution in [2.24, 2.45) is 0 Å². The smallest absolute Gasteiger partial charge is 0.143 e. The highest BCUT2D eigenvalue weighted by Crippen LogP contribution is 2.58. The van der Waals surface area contributed by atoms with Gasteiger partial charge in [0.2, 0.25) is 0 Å². The van der Waals surface area contributed by atoms with Gasteiger partial charge in [-0.2, -0.15) is 0 Å². The van der Waals surface area contributed by atoms with Gasteiger partial charge in [0.1, 0.15) is 11.5 Å². The van der Waals surface area contributed by atoms with Crippen LogP contribution in [0, 0.1) is 0 Å². The summed E-state index contributed by atoms with van der Waals surface area (Å²) in [5.41, 5.74) is 11.8. The van der Waals surface area contributed by atoms with Crippen LogP contribution in [0.25, 0.3) is 54.9 Å². The highest BCUT2D eigenvalue weighted by atomic mass is 16.5. The Bertz CT molecular complexity index is 2450. The minimum absolute atomic E-state index is 0.485. The van der Waals surface area contributed by atoms with Crippen LogP contribution in [-0.4, -0.2) is 0 Å². The predicted octanol–water partition coefficient (Wildman–Crippen LogP) is 11.8. The number of hydrogen-bond acceptors (Lipinski definition) is 1. The van der Waals surface area contributed by atoms with Crippen LogP contribution in [0.15, 0.2) is 170 Å². The molecule has 0 saturated heterocycles. The third kappa shape index (κ3) is 3.40. The molecule has 0 aromatic heterocycles. The molecule has 2 aliphatic rings. The molecule has 0 atom stereocenters. The minimum atomic E-state index is -0.485. The molecule has 0 unspecified atom stereocenters. The van der Waals surface area contributed by atoms with Gasteiger partial charge in [-0.1, -0.05) is 146 Å². The number of hydrogen-bond donors (Lipinski definition) is 0. The zero-order valence-corrected chi connectivity index (χ0v) is 25.1. The molecule has 8 aromatic carbocycles. The van der Waals surface area contributed by atoms with Gasteiger partial charge in [-0.3, -0.25) is 0 Å². The lowest BCUT2D eigenvalue weighted by atomic mass is 9.67. The van der Waals surface area contributed by atoms with Gasteiger partial charge < -0.3 is 4.74 Å². The standard InChI is InChI=1S/C45H28O/c1-3-16-33(17-4-1)45(34-18-5-2-6-19-34)40-28-32(24-25-36(40)39-26-30-12-7-8-13-31(30)27-41(39)45)35-20-11-22-38-37-21-9-14-29-15-10-23-42(43(29)37)46-44(35)38/h1-28H. The Morgan fingerprint density at radius 1 is 0.370 bits per heavy atom. The van der Waals surface area contributed by atoms with Gasteiger partial charge in [-0.05, 0) is 84.9 Å². The van der Waals surface area contributed by atoms with Crippen molar-refractivity contribution < 1.29 is 4.74 Å². The van der Waals surface area contributed by atoms with Crippen LogP contribution in [-0.2, 0) is 5.41 Å². The highest BCUT2D eigenvalue weighted by molar-refractivity contribution is 6.05. The average molecular weight is 585 g/mol. The SMILES string of the molecule is c1ccc(C2(c3ccccc3)c3cc(-c4cccc5c4Oc4cccc6cccc-5c46)ccc3-c3cc4ccccc4cc32)cc1. The molecular formula is C45H28O. The first-order valence-electron chi connectivity index (χ1n) is 15.9. The average Bonchev–Trinajstić information content (AvgIpc) is 3.40. The van der Waals surface area contributed by atoms with Crippen LogP contribution in [0.3, 0.4) is 0 Å². The van der Waals surface area contributed by atoms with E-state index in [4.69, 9.17) is 4.74 Å². The second-order valence-electron chi connectivity index (χ2n) is 12.4. The molecule has 0 spiro atoms. The van der Waals surface area contributed by atoms with E-state index in [-0.39, 0.29) is 0 Å². The van der Waals surface area contributed by atoms with E-state index in [1.165, 1.54) is 60.5 Å². The van der Waals surface area contributed by atoms with Crippen LogP contribution >= 0.6 is 0 Å². The Kier molecular flexibility index (Phi) is 5.27. The fourth-order valence-electron chi connectivity index (χ4n) is 8.15. The van der Waals surface area contributed by atoms with E-state index in [1.807, 2.05) is 0 Å². The molecular weight excluding hydrogens is 556 g/mol. The molecule has 8 aromatic rings. The van der Waals surface area contributed by atoms with Crippen LogP contribution in [0.2, 0.25) is 0 Å². The molecule has 0 fully saturated rings. The summed E-state index contributed by atoms with van der Waals surface area (Å²) in [5.74, 6) is 1.83. The van der Waals surface area contributed by atoms with E-state index in [0.29, 0.717) is 0 Å². The number of benzene rings is 8. The molecule has 0 radical (unpaired) electrons. The van der Waals surface area contributed by atoms with E-state index in [2.05, 4.69) is 170 Å². The van der Waals surface area contributed by atoms with E-state index in [9.17, 15) is 0 Å². The zero-order valence-electron chi connectivity index (χ0n) is 25.1. The van der Waals surface area contributed by atoms with Gasteiger partial charge in [0.05, 0.1) is 5.41 Å². The summed E-state index contributed by atoms with van der Waals surface area (Å²) in [6.07, 6.45) is 0. The van der Waals surface area contributed by atoms with Crippen molar-refractivity contribution in [1.82, 2.24) is 0 Å². The van der Waals surface area contributed by atoms with Gasteiger partial charge in [-0.15, -0.1) is 0 Å². The second kappa shape index (κ2) is 9.54. The number of para-hydroxylation sites is 1. The lowest BCUT2D eigenvalue weighted by molar-refractivity contribution is 0.489. The summed E-state index contributed by atoms with van der Waals surface area (Å²) in [6.45, 7) is 0. The second-order valence-corrected chi connectivity index (χ2v) is 12.4. The maximum absolute atomic E-state index is 6.79. The minimum Gasteiger partial charge on any atom is -0.455 e. The zero-order chi connectivity index (χ0) is 30.2. The molecule has 1 nitrogen and oxygen atoms in total. The molecule has 0 amide bonds. The number of fused-ring (bicyclic) bond motifs is 6. The van der Waals surface area contributed by atoms with Gasteiger partial charge in [0, 0.05) is 16.5 Å². The van der Waals surface area contributed by atoms with Crippen LogP contribution < -0.4 is 4.74 Å². The lowest BCUT2D eigenvalue weighted by Crippen LogP contribution is -2.28. The fraction of sp³-hybridized carbons (Fsp3) is 0.0222. The normalized spacial score (nSPS) is 13.6.